The fraction of sp³-hybridized carbons (Fsp3) is 0.393. The molecule has 3 aliphatic heterocycles. The zero-order valence-corrected chi connectivity index (χ0v) is 22.4. The number of sulfone groups is 1. The fourth-order valence-corrected chi connectivity index (χ4v) is 7.97. The van der Waals surface area contributed by atoms with Crippen molar-refractivity contribution in [1.82, 2.24) is 9.97 Å². The molecule has 1 saturated carbocycles. The summed E-state index contributed by atoms with van der Waals surface area (Å²) < 4.78 is 26.2. The molecule has 3 aromatic rings. The first-order valence-electron chi connectivity index (χ1n) is 13.0. The molecule has 0 radical (unpaired) electrons. The van der Waals surface area contributed by atoms with Gasteiger partial charge >= 0.3 is 5.97 Å². The lowest BCUT2D eigenvalue weighted by atomic mass is 9.69. The van der Waals surface area contributed by atoms with E-state index >= 15 is 0 Å². The number of carboxylic acid groups (broad SMARTS) is 1. The van der Waals surface area contributed by atoms with Crippen LogP contribution in [0.1, 0.15) is 48.4 Å². The summed E-state index contributed by atoms with van der Waals surface area (Å²) in [7, 11) is -3.52. The average molecular weight is 553 g/mol. The second-order valence-electron chi connectivity index (χ2n) is 10.5. The lowest BCUT2D eigenvalue weighted by Gasteiger charge is -2.50. The first kappa shape index (κ1) is 25.1. The molecular formula is C28H29ClN4O4S. The summed E-state index contributed by atoms with van der Waals surface area (Å²) in [4.78, 5) is 23.1. The van der Waals surface area contributed by atoms with Gasteiger partial charge in [-0.2, -0.15) is 4.98 Å². The molecule has 8 nitrogen and oxygen atoms in total. The minimum absolute atomic E-state index is 0.0732. The van der Waals surface area contributed by atoms with E-state index in [4.69, 9.17) is 26.7 Å². The van der Waals surface area contributed by atoms with Crippen molar-refractivity contribution in [1.29, 1.82) is 0 Å². The molecule has 2 saturated heterocycles. The monoisotopic (exact) mass is 552 g/mol. The van der Waals surface area contributed by atoms with Crippen LogP contribution in [-0.2, 0) is 27.5 Å². The number of anilines is 3. The number of hydrogen-bond acceptors (Lipinski definition) is 7. The van der Waals surface area contributed by atoms with Crippen molar-refractivity contribution >= 4 is 44.9 Å². The summed E-state index contributed by atoms with van der Waals surface area (Å²) in [6, 6.07) is 15.4. The maximum atomic E-state index is 13.1. The Morgan fingerprint density at radius 1 is 1.08 bits per heavy atom. The summed E-state index contributed by atoms with van der Waals surface area (Å²) >= 11 is 6.11. The SMILES string of the molecule is O=C(O)Cc1ccc(Nc2nc(N3CC4CCC3CC4c3ccc(Cl)cc3)nc3c2S(=O)(=O)CCC3)cc1. The number of hydrogen-bond donors (Lipinski definition) is 2. The highest BCUT2D eigenvalue weighted by Gasteiger charge is 2.42. The predicted octanol–water partition coefficient (Wildman–Crippen LogP) is 4.99. The Hall–Kier alpha value is -3.17. The molecule has 1 aromatic heterocycles. The predicted molar refractivity (Wildman–Crippen MR) is 146 cm³/mol. The van der Waals surface area contributed by atoms with E-state index in [1.807, 2.05) is 12.1 Å². The van der Waals surface area contributed by atoms with E-state index in [-0.39, 0.29) is 23.1 Å². The van der Waals surface area contributed by atoms with Gasteiger partial charge in [0.1, 0.15) is 4.90 Å². The van der Waals surface area contributed by atoms with Gasteiger partial charge in [0, 0.05) is 23.3 Å². The Morgan fingerprint density at radius 2 is 1.84 bits per heavy atom. The van der Waals surface area contributed by atoms with Crippen LogP contribution in [-0.4, -0.2) is 47.8 Å². The third-order valence-electron chi connectivity index (χ3n) is 8.03. The highest BCUT2D eigenvalue weighted by atomic mass is 35.5. The average Bonchev–Trinajstić information content (AvgIpc) is 2.89. The standard InChI is InChI=1S/C28H29ClN4O4S/c29-20-8-5-18(6-9-20)23-15-22-12-7-19(23)16-33(22)28-31-24-2-1-13-38(36,37)26(24)27(32-28)30-21-10-3-17(4-11-21)14-25(34)35/h3-6,8-11,19,22-23H,1-2,7,12-16H2,(H,34,35)(H,30,31,32). The Morgan fingerprint density at radius 3 is 2.53 bits per heavy atom. The van der Waals surface area contributed by atoms with Crippen LogP contribution in [0, 0.1) is 5.92 Å². The van der Waals surface area contributed by atoms with Crippen LogP contribution < -0.4 is 10.2 Å². The molecule has 10 heteroatoms. The van der Waals surface area contributed by atoms with Gasteiger partial charge < -0.3 is 15.3 Å². The van der Waals surface area contributed by atoms with Gasteiger partial charge in [-0.3, -0.25) is 4.79 Å². The summed E-state index contributed by atoms with van der Waals surface area (Å²) in [5.41, 5.74) is 3.20. The number of nitrogens with zero attached hydrogens (tertiary/aromatic N) is 3. The Bertz CT molecular complexity index is 1480. The second-order valence-corrected chi connectivity index (χ2v) is 13.0. The minimum atomic E-state index is -3.52. The number of halogens is 1. The van der Waals surface area contributed by atoms with Crippen LogP contribution in [0.15, 0.2) is 53.4 Å². The maximum absolute atomic E-state index is 13.1. The summed E-state index contributed by atoms with van der Waals surface area (Å²) in [5, 5.41) is 13.0. The highest BCUT2D eigenvalue weighted by molar-refractivity contribution is 7.91. The van der Waals surface area contributed by atoms with Gasteiger partial charge in [-0.1, -0.05) is 35.9 Å². The number of aliphatic carboxylic acids is 1. The van der Waals surface area contributed by atoms with E-state index in [0.29, 0.717) is 53.4 Å². The zero-order chi connectivity index (χ0) is 26.4. The van der Waals surface area contributed by atoms with Crippen molar-refractivity contribution in [3.05, 3.63) is 70.4 Å². The van der Waals surface area contributed by atoms with Crippen molar-refractivity contribution in [3.8, 4) is 0 Å². The topological polar surface area (TPSA) is 112 Å². The zero-order valence-electron chi connectivity index (χ0n) is 20.8. The number of rotatable bonds is 6. The van der Waals surface area contributed by atoms with Gasteiger partial charge in [0.05, 0.1) is 17.9 Å². The molecule has 0 amide bonds. The Kier molecular flexibility index (Phi) is 6.52. The van der Waals surface area contributed by atoms with Crippen LogP contribution in [0.4, 0.5) is 17.5 Å². The largest absolute Gasteiger partial charge is 0.481 e. The Balaban J connectivity index is 1.32. The lowest BCUT2D eigenvalue weighted by molar-refractivity contribution is -0.136. The van der Waals surface area contributed by atoms with Gasteiger partial charge in [0.2, 0.25) is 5.95 Å². The summed E-state index contributed by atoms with van der Waals surface area (Å²) in [6.45, 7) is 0.826. The first-order chi connectivity index (χ1) is 18.3. The molecule has 1 aliphatic carbocycles. The van der Waals surface area contributed by atoms with Crippen LogP contribution in [0.2, 0.25) is 5.02 Å². The Labute approximate surface area is 227 Å². The quantitative estimate of drug-likeness (QED) is 0.439. The first-order valence-corrected chi connectivity index (χ1v) is 15.0. The molecule has 4 heterocycles. The van der Waals surface area contributed by atoms with Crippen LogP contribution in [0.3, 0.4) is 0 Å². The molecule has 4 aliphatic rings. The summed E-state index contributed by atoms with van der Waals surface area (Å²) in [5.74, 6) is 0.971. The number of carbonyl (C=O) groups is 1. The maximum Gasteiger partial charge on any atom is 0.307 e. The number of carboxylic acids is 1. The van der Waals surface area contributed by atoms with Crippen LogP contribution in [0.25, 0.3) is 0 Å². The highest BCUT2D eigenvalue weighted by Crippen LogP contribution is 2.46. The van der Waals surface area contributed by atoms with Crippen molar-refractivity contribution in [2.45, 2.75) is 55.4 Å². The fourth-order valence-electron chi connectivity index (χ4n) is 6.22. The normalized spacial score (nSPS) is 23.6. The van der Waals surface area contributed by atoms with Gasteiger partial charge in [-0.25, -0.2) is 13.4 Å². The van der Waals surface area contributed by atoms with E-state index in [0.717, 1.165) is 30.8 Å². The molecule has 38 heavy (non-hydrogen) atoms. The van der Waals surface area contributed by atoms with E-state index in [1.165, 1.54) is 5.56 Å². The summed E-state index contributed by atoms with van der Waals surface area (Å²) in [6.07, 6.45) is 4.25. The van der Waals surface area contributed by atoms with Crippen molar-refractivity contribution in [3.63, 3.8) is 0 Å². The molecule has 7 rings (SSSR count). The van der Waals surface area contributed by atoms with Gasteiger partial charge in [0.25, 0.3) is 0 Å². The van der Waals surface area contributed by atoms with E-state index in [1.54, 1.807) is 24.3 Å². The van der Waals surface area contributed by atoms with Gasteiger partial charge in [-0.15, -0.1) is 0 Å². The van der Waals surface area contributed by atoms with E-state index < -0.39 is 15.8 Å². The van der Waals surface area contributed by atoms with Crippen molar-refractivity contribution < 1.29 is 18.3 Å². The lowest BCUT2D eigenvalue weighted by Crippen LogP contribution is -2.52. The number of aromatic nitrogens is 2. The van der Waals surface area contributed by atoms with Gasteiger partial charge in [-0.05, 0) is 79.3 Å². The molecule has 3 fully saturated rings. The van der Waals surface area contributed by atoms with E-state index in [2.05, 4.69) is 22.3 Å². The van der Waals surface area contributed by atoms with Gasteiger partial charge in [0.15, 0.2) is 15.7 Å². The molecule has 198 valence electrons. The molecular weight excluding hydrogens is 524 g/mol. The number of piperidine rings is 2. The smallest absolute Gasteiger partial charge is 0.307 e. The molecule has 2 aromatic carbocycles. The molecule has 3 unspecified atom stereocenters. The number of fused-ring (bicyclic) bond motifs is 4. The number of aryl methyl sites for hydroxylation is 1. The minimum Gasteiger partial charge on any atom is -0.481 e. The van der Waals surface area contributed by atoms with Crippen LogP contribution in [0.5, 0.6) is 0 Å². The van der Waals surface area contributed by atoms with E-state index in [9.17, 15) is 13.2 Å². The third-order valence-corrected chi connectivity index (χ3v) is 10.2. The second kappa shape index (κ2) is 9.85. The van der Waals surface area contributed by atoms with Crippen molar-refractivity contribution in [2.24, 2.45) is 5.92 Å². The van der Waals surface area contributed by atoms with Crippen LogP contribution >= 0.6 is 11.6 Å². The number of nitrogens with one attached hydrogen (secondary N) is 1. The molecule has 3 atom stereocenters. The van der Waals surface area contributed by atoms with Crippen molar-refractivity contribution in [2.75, 3.05) is 22.5 Å². The molecule has 0 spiro atoms. The molecule has 2 bridgehead atoms. The number of benzene rings is 2. The molecule has 2 N–H and O–H groups in total. The third kappa shape index (κ3) is 4.85.